The van der Waals surface area contributed by atoms with Crippen molar-refractivity contribution in [2.75, 3.05) is 4.72 Å². The standard InChI is InChI=1S/C21H17N3O5S2/c1-14(19-22-23-20(29-19)15-8-3-2-4-9-15)28-21(25)16-10-5-6-11-17(16)24-31(26,27)18-12-7-13-30-18/h2-14,24H,1H3. The molecule has 2 aromatic heterocycles. The highest BCUT2D eigenvalue weighted by Crippen LogP contribution is 2.26. The number of nitrogens with one attached hydrogen (secondary N) is 1. The van der Waals surface area contributed by atoms with E-state index in [0.29, 0.717) is 5.89 Å². The van der Waals surface area contributed by atoms with Crippen LogP contribution in [0.1, 0.15) is 29.3 Å². The number of thiophene rings is 1. The molecule has 0 aliphatic heterocycles. The lowest BCUT2D eigenvalue weighted by Gasteiger charge is -2.13. The third-order valence-electron chi connectivity index (χ3n) is 4.24. The largest absolute Gasteiger partial charge is 0.449 e. The molecule has 0 spiro atoms. The van der Waals surface area contributed by atoms with Crippen molar-refractivity contribution in [2.45, 2.75) is 17.2 Å². The van der Waals surface area contributed by atoms with Crippen LogP contribution in [0.4, 0.5) is 5.69 Å². The minimum atomic E-state index is -3.81. The van der Waals surface area contributed by atoms with Crippen LogP contribution in [-0.4, -0.2) is 24.6 Å². The molecule has 158 valence electrons. The molecule has 1 unspecified atom stereocenters. The zero-order valence-electron chi connectivity index (χ0n) is 16.3. The van der Waals surface area contributed by atoms with Crippen molar-refractivity contribution in [1.82, 2.24) is 10.2 Å². The number of rotatable bonds is 7. The first-order valence-electron chi connectivity index (χ1n) is 9.19. The normalized spacial score (nSPS) is 12.3. The number of carbonyl (C=O) groups is 1. The number of carbonyl (C=O) groups excluding carboxylic acids is 1. The van der Waals surface area contributed by atoms with Gasteiger partial charge in [0.15, 0.2) is 6.10 Å². The van der Waals surface area contributed by atoms with E-state index >= 15 is 0 Å². The summed E-state index contributed by atoms with van der Waals surface area (Å²) < 4.78 is 38.7. The fourth-order valence-corrected chi connectivity index (χ4v) is 4.80. The Morgan fingerprint density at radius 3 is 2.52 bits per heavy atom. The SMILES string of the molecule is CC(OC(=O)c1ccccc1NS(=O)(=O)c1cccs1)c1nnc(-c2ccccc2)o1. The van der Waals surface area contributed by atoms with Gasteiger partial charge in [-0.25, -0.2) is 13.2 Å². The van der Waals surface area contributed by atoms with Crippen molar-refractivity contribution in [3.8, 4) is 11.5 Å². The number of para-hydroxylation sites is 1. The van der Waals surface area contributed by atoms with E-state index in [0.717, 1.165) is 16.9 Å². The molecule has 0 fully saturated rings. The molecule has 2 heterocycles. The fourth-order valence-electron chi connectivity index (χ4n) is 2.73. The summed E-state index contributed by atoms with van der Waals surface area (Å²) in [5.74, 6) is -0.289. The van der Waals surface area contributed by atoms with E-state index in [2.05, 4.69) is 14.9 Å². The lowest BCUT2D eigenvalue weighted by atomic mass is 10.2. The average Bonchev–Trinajstić information content (AvgIpc) is 3.47. The predicted octanol–water partition coefficient (Wildman–Crippen LogP) is 4.52. The van der Waals surface area contributed by atoms with Crippen molar-refractivity contribution in [1.29, 1.82) is 0 Å². The second kappa shape index (κ2) is 8.70. The number of sulfonamides is 1. The summed E-state index contributed by atoms with van der Waals surface area (Å²) in [6.45, 7) is 1.60. The van der Waals surface area contributed by atoms with Crippen LogP contribution in [0.5, 0.6) is 0 Å². The Morgan fingerprint density at radius 2 is 1.77 bits per heavy atom. The Balaban J connectivity index is 1.51. The highest BCUT2D eigenvalue weighted by Gasteiger charge is 2.24. The van der Waals surface area contributed by atoms with Crippen LogP contribution in [0.2, 0.25) is 0 Å². The van der Waals surface area contributed by atoms with E-state index in [1.54, 1.807) is 30.5 Å². The van der Waals surface area contributed by atoms with E-state index < -0.39 is 22.1 Å². The molecular weight excluding hydrogens is 438 g/mol. The monoisotopic (exact) mass is 455 g/mol. The summed E-state index contributed by atoms with van der Waals surface area (Å²) >= 11 is 1.08. The van der Waals surface area contributed by atoms with E-state index in [9.17, 15) is 13.2 Å². The van der Waals surface area contributed by atoms with Crippen molar-refractivity contribution in [3.63, 3.8) is 0 Å². The predicted molar refractivity (Wildman–Crippen MR) is 115 cm³/mol. The molecule has 0 radical (unpaired) electrons. The van der Waals surface area contributed by atoms with E-state index in [1.165, 1.54) is 18.2 Å². The van der Waals surface area contributed by atoms with Gasteiger partial charge in [-0.2, -0.15) is 0 Å². The lowest BCUT2D eigenvalue weighted by molar-refractivity contribution is 0.0281. The van der Waals surface area contributed by atoms with Gasteiger partial charge in [-0.05, 0) is 42.6 Å². The first-order chi connectivity index (χ1) is 14.9. The van der Waals surface area contributed by atoms with Gasteiger partial charge < -0.3 is 9.15 Å². The van der Waals surface area contributed by atoms with Gasteiger partial charge in [-0.3, -0.25) is 4.72 Å². The fraction of sp³-hybridized carbons (Fsp3) is 0.0952. The second-order valence-electron chi connectivity index (χ2n) is 6.44. The van der Waals surface area contributed by atoms with Crippen LogP contribution in [-0.2, 0) is 14.8 Å². The number of benzene rings is 2. The summed E-state index contributed by atoms with van der Waals surface area (Å²) in [7, 11) is -3.81. The third-order valence-corrected chi connectivity index (χ3v) is 7.01. The van der Waals surface area contributed by atoms with Crippen LogP contribution < -0.4 is 4.72 Å². The van der Waals surface area contributed by atoms with Gasteiger partial charge in [-0.15, -0.1) is 21.5 Å². The number of esters is 1. The van der Waals surface area contributed by atoms with E-state index in [1.807, 2.05) is 30.3 Å². The molecule has 0 bridgehead atoms. The molecule has 0 aliphatic carbocycles. The molecule has 1 N–H and O–H groups in total. The lowest BCUT2D eigenvalue weighted by Crippen LogP contribution is -2.16. The van der Waals surface area contributed by atoms with Gasteiger partial charge in [-0.1, -0.05) is 36.4 Å². The summed E-state index contributed by atoms with van der Waals surface area (Å²) in [5.41, 5.74) is 0.925. The summed E-state index contributed by atoms with van der Waals surface area (Å²) in [6, 6.07) is 18.5. The minimum Gasteiger partial charge on any atom is -0.449 e. The van der Waals surface area contributed by atoms with E-state index in [4.69, 9.17) is 9.15 Å². The Morgan fingerprint density at radius 1 is 1.03 bits per heavy atom. The Labute approximate surface area is 182 Å². The molecular formula is C21H17N3O5S2. The van der Waals surface area contributed by atoms with Gasteiger partial charge in [0.05, 0.1) is 11.3 Å². The number of nitrogens with zero attached hydrogens (tertiary/aromatic N) is 2. The van der Waals surface area contributed by atoms with Gasteiger partial charge in [0.25, 0.3) is 15.9 Å². The Bertz CT molecular complexity index is 1290. The molecule has 4 aromatic rings. The van der Waals surface area contributed by atoms with Crippen molar-refractivity contribution in [2.24, 2.45) is 0 Å². The van der Waals surface area contributed by atoms with Crippen LogP contribution in [0.3, 0.4) is 0 Å². The summed E-state index contributed by atoms with van der Waals surface area (Å²) in [6.07, 6.45) is -0.834. The van der Waals surface area contributed by atoms with Gasteiger partial charge in [0.2, 0.25) is 5.89 Å². The zero-order chi connectivity index (χ0) is 21.8. The topological polar surface area (TPSA) is 111 Å². The molecule has 8 nitrogen and oxygen atoms in total. The maximum absolute atomic E-state index is 12.8. The quantitative estimate of drug-likeness (QED) is 0.408. The van der Waals surface area contributed by atoms with Crippen molar-refractivity contribution < 1.29 is 22.4 Å². The number of aromatic nitrogens is 2. The first-order valence-corrected chi connectivity index (χ1v) is 11.6. The van der Waals surface area contributed by atoms with Crippen molar-refractivity contribution >= 4 is 33.0 Å². The maximum atomic E-state index is 12.8. The molecule has 31 heavy (non-hydrogen) atoms. The number of ether oxygens (including phenoxy) is 1. The molecule has 0 aliphatic rings. The molecule has 0 saturated heterocycles. The number of hydrogen-bond acceptors (Lipinski definition) is 8. The van der Waals surface area contributed by atoms with Gasteiger partial charge in [0.1, 0.15) is 4.21 Å². The highest BCUT2D eigenvalue weighted by atomic mass is 32.2. The number of hydrogen-bond donors (Lipinski definition) is 1. The van der Waals surface area contributed by atoms with Crippen LogP contribution >= 0.6 is 11.3 Å². The molecule has 4 rings (SSSR count). The smallest absolute Gasteiger partial charge is 0.341 e. The van der Waals surface area contributed by atoms with E-state index in [-0.39, 0.29) is 21.4 Å². The molecule has 2 aromatic carbocycles. The average molecular weight is 456 g/mol. The second-order valence-corrected chi connectivity index (χ2v) is 9.30. The first kappa shape index (κ1) is 20.8. The third kappa shape index (κ3) is 4.65. The van der Waals surface area contributed by atoms with Gasteiger partial charge in [0, 0.05) is 5.56 Å². The molecule has 1 atom stereocenters. The molecule has 0 amide bonds. The summed E-state index contributed by atoms with van der Waals surface area (Å²) in [4.78, 5) is 12.8. The number of anilines is 1. The minimum absolute atomic E-state index is 0.0669. The summed E-state index contributed by atoms with van der Waals surface area (Å²) in [5, 5.41) is 9.59. The van der Waals surface area contributed by atoms with Gasteiger partial charge >= 0.3 is 5.97 Å². The molecule has 0 saturated carbocycles. The Kier molecular flexibility index (Phi) is 5.83. The Hall–Kier alpha value is -3.50. The maximum Gasteiger partial charge on any atom is 0.341 e. The molecule has 10 heteroatoms. The zero-order valence-corrected chi connectivity index (χ0v) is 17.9. The van der Waals surface area contributed by atoms with Crippen LogP contribution in [0.15, 0.2) is 80.7 Å². The highest BCUT2D eigenvalue weighted by molar-refractivity contribution is 7.94. The van der Waals surface area contributed by atoms with Crippen LogP contribution in [0.25, 0.3) is 11.5 Å². The van der Waals surface area contributed by atoms with Crippen molar-refractivity contribution in [3.05, 3.63) is 83.6 Å². The van der Waals surface area contributed by atoms with Crippen LogP contribution in [0, 0.1) is 0 Å².